The largest absolute Gasteiger partial charge is 0.398 e. The minimum atomic E-state index is 0.766. The summed E-state index contributed by atoms with van der Waals surface area (Å²) >= 11 is 3.58. The molecule has 21 heavy (non-hydrogen) atoms. The predicted molar refractivity (Wildman–Crippen MR) is 93.8 cm³/mol. The van der Waals surface area contributed by atoms with Gasteiger partial charge in [0.15, 0.2) is 0 Å². The molecule has 0 spiro atoms. The van der Waals surface area contributed by atoms with Crippen LogP contribution in [0, 0.1) is 0 Å². The van der Waals surface area contributed by atoms with Crippen molar-refractivity contribution in [3.63, 3.8) is 0 Å². The lowest BCUT2D eigenvalue weighted by atomic mass is 9.97. The zero-order valence-electron chi connectivity index (χ0n) is 11.4. The van der Waals surface area contributed by atoms with E-state index in [4.69, 9.17) is 11.5 Å². The number of hydrogen-bond donors (Lipinski definition) is 2. The zero-order valence-corrected chi connectivity index (χ0v) is 13.0. The lowest BCUT2D eigenvalue weighted by Crippen LogP contribution is -1.92. The molecule has 4 N–H and O–H groups in total. The van der Waals surface area contributed by atoms with Crippen molar-refractivity contribution in [2.45, 2.75) is 0 Å². The van der Waals surface area contributed by atoms with E-state index in [2.05, 4.69) is 34.1 Å². The van der Waals surface area contributed by atoms with Crippen molar-refractivity contribution in [3.8, 4) is 22.3 Å². The van der Waals surface area contributed by atoms with Crippen LogP contribution in [0.15, 0.2) is 71.2 Å². The fourth-order valence-electron chi connectivity index (χ4n) is 2.42. The first-order valence-corrected chi connectivity index (χ1v) is 7.45. The maximum Gasteiger partial charge on any atom is 0.0393 e. The minimum absolute atomic E-state index is 0.766. The van der Waals surface area contributed by atoms with E-state index in [1.165, 1.54) is 0 Å². The second-order valence-corrected chi connectivity index (χ2v) is 5.82. The number of halogens is 1. The Morgan fingerprint density at radius 1 is 0.619 bits per heavy atom. The van der Waals surface area contributed by atoms with Gasteiger partial charge in [0.2, 0.25) is 0 Å². The molecule has 3 aromatic carbocycles. The maximum absolute atomic E-state index is 6.08. The molecule has 0 aliphatic rings. The highest BCUT2D eigenvalue weighted by atomic mass is 79.9. The Kier molecular flexibility index (Phi) is 3.67. The van der Waals surface area contributed by atoms with E-state index in [1.807, 2.05) is 48.5 Å². The SMILES string of the molecule is Nc1ccccc1-c1cc(Br)cc(-c2ccccc2N)c1. The molecule has 0 aliphatic heterocycles. The average Bonchev–Trinajstić information content (AvgIpc) is 2.47. The van der Waals surface area contributed by atoms with Gasteiger partial charge in [-0.1, -0.05) is 52.3 Å². The second kappa shape index (κ2) is 5.62. The number of nitrogen functional groups attached to an aromatic ring is 2. The summed E-state index contributed by atoms with van der Waals surface area (Å²) in [4.78, 5) is 0. The summed E-state index contributed by atoms with van der Waals surface area (Å²) in [6.45, 7) is 0. The number of para-hydroxylation sites is 2. The molecule has 0 saturated heterocycles. The van der Waals surface area contributed by atoms with Crippen LogP contribution in [-0.4, -0.2) is 0 Å². The van der Waals surface area contributed by atoms with Crippen molar-refractivity contribution < 1.29 is 0 Å². The fraction of sp³-hybridized carbons (Fsp3) is 0. The van der Waals surface area contributed by atoms with Crippen LogP contribution in [-0.2, 0) is 0 Å². The molecule has 0 atom stereocenters. The average molecular weight is 339 g/mol. The summed E-state index contributed by atoms with van der Waals surface area (Å²) in [5.74, 6) is 0. The maximum atomic E-state index is 6.08. The Morgan fingerprint density at radius 2 is 1.05 bits per heavy atom. The van der Waals surface area contributed by atoms with Crippen LogP contribution in [0.2, 0.25) is 0 Å². The summed E-state index contributed by atoms with van der Waals surface area (Å²) in [7, 11) is 0. The topological polar surface area (TPSA) is 52.0 Å². The number of rotatable bonds is 2. The monoisotopic (exact) mass is 338 g/mol. The van der Waals surface area contributed by atoms with Crippen LogP contribution >= 0.6 is 15.9 Å². The van der Waals surface area contributed by atoms with E-state index in [1.54, 1.807) is 0 Å². The Morgan fingerprint density at radius 3 is 1.48 bits per heavy atom. The van der Waals surface area contributed by atoms with Gasteiger partial charge >= 0.3 is 0 Å². The van der Waals surface area contributed by atoms with Gasteiger partial charge in [-0.25, -0.2) is 0 Å². The first-order chi connectivity index (χ1) is 10.1. The Balaban J connectivity index is 2.18. The third kappa shape index (κ3) is 2.78. The summed E-state index contributed by atoms with van der Waals surface area (Å²) in [5, 5.41) is 0. The molecule has 0 amide bonds. The van der Waals surface area contributed by atoms with Crippen molar-refractivity contribution in [1.29, 1.82) is 0 Å². The van der Waals surface area contributed by atoms with Gasteiger partial charge in [0.25, 0.3) is 0 Å². The highest BCUT2D eigenvalue weighted by molar-refractivity contribution is 9.10. The second-order valence-electron chi connectivity index (χ2n) is 4.90. The molecule has 0 fully saturated rings. The van der Waals surface area contributed by atoms with E-state index in [-0.39, 0.29) is 0 Å². The Labute approximate surface area is 132 Å². The van der Waals surface area contributed by atoms with Crippen molar-refractivity contribution >= 4 is 27.3 Å². The van der Waals surface area contributed by atoms with Crippen LogP contribution in [0.1, 0.15) is 0 Å². The standard InChI is InChI=1S/C18H15BrN2/c19-14-10-12(15-5-1-3-7-17(15)20)9-13(11-14)16-6-2-4-8-18(16)21/h1-11H,20-21H2. The molecule has 3 rings (SSSR count). The van der Waals surface area contributed by atoms with Gasteiger partial charge in [0.05, 0.1) is 0 Å². The van der Waals surface area contributed by atoms with E-state index in [0.29, 0.717) is 0 Å². The first kappa shape index (κ1) is 13.7. The van der Waals surface area contributed by atoms with Gasteiger partial charge in [-0.3, -0.25) is 0 Å². The van der Waals surface area contributed by atoms with Gasteiger partial charge < -0.3 is 11.5 Å². The fourth-order valence-corrected chi connectivity index (χ4v) is 2.91. The smallest absolute Gasteiger partial charge is 0.0393 e. The molecule has 0 unspecified atom stereocenters. The normalized spacial score (nSPS) is 10.5. The van der Waals surface area contributed by atoms with Gasteiger partial charge in [0, 0.05) is 27.0 Å². The third-order valence-corrected chi connectivity index (χ3v) is 3.90. The Hall–Kier alpha value is -2.26. The lowest BCUT2D eigenvalue weighted by molar-refractivity contribution is 1.56. The van der Waals surface area contributed by atoms with Crippen LogP contribution in [0.5, 0.6) is 0 Å². The first-order valence-electron chi connectivity index (χ1n) is 6.65. The van der Waals surface area contributed by atoms with Gasteiger partial charge in [-0.05, 0) is 41.5 Å². The summed E-state index contributed by atoms with van der Waals surface area (Å²) in [6, 6.07) is 22.0. The quantitative estimate of drug-likeness (QED) is 0.649. The molecule has 0 radical (unpaired) electrons. The Bertz CT molecular complexity index is 733. The van der Waals surface area contributed by atoms with E-state index in [0.717, 1.165) is 38.1 Å². The molecule has 0 aromatic heterocycles. The van der Waals surface area contributed by atoms with E-state index in [9.17, 15) is 0 Å². The molecular formula is C18H15BrN2. The van der Waals surface area contributed by atoms with Crippen molar-refractivity contribution in [2.24, 2.45) is 0 Å². The molecule has 0 aliphatic carbocycles. The van der Waals surface area contributed by atoms with Crippen LogP contribution in [0.25, 0.3) is 22.3 Å². The number of benzene rings is 3. The van der Waals surface area contributed by atoms with E-state index < -0.39 is 0 Å². The minimum Gasteiger partial charge on any atom is -0.398 e. The summed E-state index contributed by atoms with van der Waals surface area (Å²) < 4.78 is 1.00. The molecular weight excluding hydrogens is 324 g/mol. The highest BCUT2D eigenvalue weighted by Crippen LogP contribution is 2.34. The molecule has 3 heteroatoms. The van der Waals surface area contributed by atoms with Crippen molar-refractivity contribution in [2.75, 3.05) is 11.5 Å². The van der Waals surface area contributed by atoms with Crippen molar-refractivity contribution in [1.82, 2.24) is 0 Å². The molecule has 2 nitrogen and oxygen atoms in total. The van der Waals surface area contributed by atoms with Gasteiger partial charge in [-0.2, -0.15) is 0 Å². The predicted octanol–water partition coefficient (Wildman–Crippen LogP) is 4.95. The van der Waals surface area contributed by atoms with Gasteiger partial charge in [0.1, 0.15) is 0 Å². The highest BCUT2D eigenvalue weighted by Gasteiger charge is 2.08. The summed E-state index contributed by atoms with van der Waals surface area (Å²) in [5.41, 5.74) is 17.9. The van der Waals surface area contributed by atoms with Gasteiger partial charge in [-0.15, -0.1) is 0 Å². The molecule has 0 saturated carbocycles. The van der Waals surface area contributed by atoms with Crippen LogP contribution < -0.4 is 11.5 Å². The van der Waals surface area contributed by atoms with Crippen molar-refractivity contribution in [3.05, 3.63) is 71.2 Å². The number of anilines is 2. The molecule has 104 valence electrons. The lowest BCUT2D eigenvalue weighted by Gasteiger charge is -2.11. The molecule has 0 heterocycles. The summed E-state index contributed by atoms with van der Waals surface area (Å²) in [6.07, 6.45) is 0. The molecule has 0 bridgehead atoms. The number of hydrogen-bond acceptors (Lipinski definition) is 2. The van der Waals surface area contributed by atoms with Crippen LogP contribution in [0.4, 0.5) is 11.4 Å². The van der Waals surface area contributed by atoms with E-state index >= 15 is 0 Å². The molecule has 3 aromatic rings. The zero-order chi connectivity index (χ0) is 14.8. The van der Waals surface area contributed by atoms with Crippen LogP contribution in [0.3, 0.4) is 0 Å². The number of nitrogens with two attached hydrogens (primary N) is 2. The third-order valence-electron chi connectivity index (χ3n) is 3.44.